The number of nitrogens with zero attached hydrogens (tertiary/aromatic N) is 2. The van der Waals surface area contributed by atoms with Crippen molar-refractivity contribution in [2.75, 3.05) is 0 Å². The molecule has 2 rings (SSSR count). The predicted octanol–water partition coefficient (Wildman–Crippen LogP) is 5.78. The largest absolute Gasteiger partial charge is 0.460 e. The number of non-ortho nitro benzene ring substituents is 1. The van der Waals surface area contributed by atoms with Crippen LogP contribution in [0.1, 0.15) is 11.1 Å². The Morgan fingerprint density at radius 2 is 1.55 bits per heavy atom. The second-order valence-electron chi connectivity index (χ2n) is 6.23. The molecule has 0 amide bonds. The van der Waals surface area contributed by atoms with Gasteiger partial charge in [0.1, 0.15) is 0 Å². The average Bonchev–Trinajstić information content (AvgIpc) is 2.63. The molecule has 0 aromatic heterocycles. The summed E-state index contributed by atoms with van der Waals surface area (Å²) in [4.78, 5) is 20.1. The van der Waals surface area contributed by atoms with E-state index in [2.05, 4.69) is 4.74 Å². The number of ether oxygens (including phenoxy) is 2. The topological polar surface area (TPSA) is 105 Å². The molecule has 8 nitrogen and oxygen atoms in total. The van der Waals surface area contributed by atoms with Gasteiger partial charge in [0.25, 0.3) is 5.69 Å². The molecule has 0 aliphatic rings. The summed E-state index contributed by atoms with van der Waals surface area (Å²) in [5, 5.41) is 22.0. The third-order valence-electron chi connectivity index (χ3n) is 3.84. The number of hydrogen-bond acceptors (Lipinski definition) is 6. The molecule has 0 aliphatic carbocycles. The van der Waals surface area contributed by atoms with E-state index in [1.165, 1.54) is 19.9 Å². The molecule has 168 valence electrons. The zero-order valence-electron chi connectivity index (χ0n) is 15.6. The Labute approximate surface area is 169 Å². The van der Waals surface area contributed by atoms with Gasteiger partial charge in [-0.2, -0.15) is 26.3 Å². The van der Waals surface area contributed by atoms with Crippen LogP contribution in [0.25, 0.3) is 0 Å². The molecule has 2 aromatic carbocycles. The number of aryl methyl sites for hydroxylation is 2. The molecule has 2 aromatic rings. The Hall–Kier alpha value is -3.58. The van der Waals surface area contributed by atoms with Crippen LogP contribution < -0.4 is 9.47 Å². The van der Waals surface area contributed by atoms with Gasteiger partial charge in [-0.15, -0.1) is 0 Å². The van der Waals surface area contributed by atoms with Crippen LogP contribution in [0, 0.1) is 34.1 Å². The summed E-state index contributed by atoms with van der Waals surface area (Å²) in [6.07, 6.45) is -10.4. The molecule has 1 atom stereocenters. The number of benzene rings is 2. The monoisotopic (exact) mass is 454 g/mol. The van der Waals surface area contributed by atoms with Gasteiger partial charge in [-0.05, 0) is 37.1 Å². The van der Waals surface area contributed by atoms with Gasteiger partial charge in [0.2, 0.25) is 5.75 Å². The van der Waals surface area contributed by atoms with Crippen molar-refractivity contribution < 1.29 is 45.7 Å². The highest BCUT2D eigenvalue weighted by molar-refractivity contribution is 5.57. The molecule has 0 spiro atoms. The first-order valence-corrected chi connectivity index (χ1v) is 8.12. The van der Waals surface area contributed by atoms with Gasteiger partial charge in [-0.3, -0.25) is 20.2 Å². The standard InChI is InChI=1S/C17H12F6N2O6/c1-8-5-9(2)14(13(6-8)31-15(18)16(19,20)17(21,22)23)30-12-4-3-10(24(26)27)7-11(12)25(28)29/h3-7,15H,1-2H3. The van der Waals surface area contributed by atoms with Gasteiger partial charge < -0.3 is 9.47 Å². The lowest BCUT2D eigenvalue weighted by molar-refractivity contribution is -0.394. The molecular weight excluding hydrogens is 442 g/mol. The second-order valence-corrected chi connectivity index (χ2v) is 6.23. The zero-order chi connectivity index (χ0) is 23.7. The maximum Gasteiger partial charge on any atom is 0.460 e. The van der Waals surface area contributed by atoms with Crippen molar-refractivity contribution >= 4 is 11.4 Å². The highest BCUT2D eigenvalue weighted by Crippen LogP contribution is 2.44. The van der Waals surface area contributed by atoms with Gasteiger partial charge >= 0.3 is 24.1 Å². The minimum absolute atomic E-state index is 0.0465. The Kier molecular flexibility index (Phi) is 6.33. The van der Waals surface area contributed by atoms with E-state index >= 15 is 0 Å². The summed E-state index contributed by atoms with van der Waals surface area (Å²) in [6, 6.07) is 4.45. The van der Waals surface area contributed by atoms with Crippen LogP contribution in [0.2, 0.25) is 0 Å². The zero-order valence-corrected chi connectivity index (χ0v) is 15.6. The Balaban J connectivity index is 2.52. The molecule has 0 saturated carbocycles. The smallest absolute Gasteiger partial charge is 0.450 e. The van der Waals surface area contributed by atoms with Gasteiger partial charge in [0.15, 0.2) is 11.5 Å². The molecule has 0 fully saturated rings. The molecule has 1 unspecified atom stereocenters. The molecule has 0 saturated heterocycles. The lowest BCUT2D eigenvalue weighted by Gasteiger charge is -2.24. The normalized spacial score (nSPS) is 12.9. The van der Waals surface area contributed by atoms with Crippen molar-refractivity contribution in [1.82, 2.24) is 0 Å². The quantitative estimate of drug-likeness (QED) is 0.298. The number of nitro groups is 2. The third kappa shape index (κ3) is 4.95. The van der Waals surface area contributed by atoms with Gasteiger partial charge in [0.05, 0.1) is 15.9 Å². The number of rotatable bonds is 7. The Bertz CT molecular complexity index is 1030. The molecular formula is C17H12F6N2O6. The van der Waals surface area contributed by atoms with E-state index in [4.69, 9.17) is 4.74 Å². The van der Waals surface area contributed by atoms with Crippen LogP contribution in [0.5, 0.6) is 17.2 Å². The lowest BCUT2D eigenvalue weighted by Crippen LogP contribution is -2.47. The SMILES string of the molecule is Cc1cc(C)c(Oc2ccc([N+](=O)[O-])cc2[N+](=O)[O-])c(OC(F)C(F)(F)C(F)(F)F)c1. The third-order valence-corrected chi connectivity index (χ3v) is 3.84. The summed E-state index contributed by atoms with van der Waals surface area (Å²) < 4.78 is 86.9. The van der Waals surface area contributed by atoms with Crippen LogP contribution in [0.4, 0.5) is 37.7 Å². The van der Waals surface area contributed by atoms with Crippen molar-refractivity contribution in [3.63, 3.8) is 0 Å². The van der Waals surface area contributed by atoms with E-state index in [1.807, 2.05) is 0 Å². The summed E-state index contributed by atoms with van der Waals surface area (Å²) in [5.74, 6) is -7.96. The van der Waals surface area contributed by atoms with Crippen molar-refractivity contribution in [3.8, 4) is 17.2 Å². The maximum absolute atomic E-state index is 13.8. The van der Waals surface area contributed by atoms with E-state index in [0.717, 1.165) is 18.2 Å². The lowest BCUT2D eigenvalue weighted by atomic mass is 10.1. The van der Waals surface area contributed by atoms with Gasteiger partial charge in [-0.25, -0.2) is 0 Å². The fourth-order valence-corrected chi connectivity index (χ4v) is 2.41. The van der Waals surface area contributed by atoms with E-state index in [1.54, 1.807) is 0 Å². The molecule has 0 N–H and O–H groups in total. The van der Waals surface area contributed by atoms with Crippen LogP contribution in [-0.2, 0) is 0 Å². The Morgan fingerprint density at radius 1 is 0.935 bits per heavy atom. The van der Waals surface area contributed by atoms with E-state index in [9.17, 15) is 46.6 Å². The van der Waals surface area contributed by atoms with Crippen molar-refractivity contribution in [2.24, 2.45) is 0 Å². The molecule has 0 bridgehead atoms. The van der Waals surface area contributed by atoms with Crippen LogP contribution in [0.3, 0.4) is 0 Å². The van der Waals surface area contributed by atoms with E-state index in [0.29, 0.717) is 6.07 Å². The summed E-state index contributed by atoms with van der Waals surface area (Å²) in [7, 11) is 0. The highest BCUT2D eigenvalue weighted by Gasteiger charge is 2.65. The molecule has 0 radical (unpaired) electrons. The van der Waals surface area contributed by atoms with Gasteiger partial charge in [-0.1, -0.05) is 6.07 Å². The summed E-state index contributed by atoms with van der Waals surface area (Å²) in [5.41, 5.74) is -1.26. The number of hydrogen-bond donors (Lipinski definition) is 0. The van der Waals surface area contributed by atoms with E-state index < -0.39 is 56.9 Å². The first-order chi connectivity index (χ1) is 14.1. The highest BCUT2D eigenvalue weighted by atomic mass is 19.4. The van der Waals surface area contributed by atoms with E-state index in [-0.39, 0.29) is 11.1 Å². The first-order valence-electron chi connectivity index (χ1n) is 8.12. The molecule has 31 heavy (non-hydrogen) atoms. The fraction of sp³-hybridized carbons (Fsp3) is 0.294. The summed E-state index contributed by atoms with van der Waals surface area (Å²) in [6.45, 7) is 2.69. The van der Waals surface area contributed by atoms with Gasteiger partial charge in [0, 0.05) is 6.07 Å². The molecule has 0 aliphatic heterocycles. The first kappa shape index (κ1) is 23.7. The Morgan fingerprint density at radius 3 is 2.06 bits per heavy atom. The number of nitro benzene ring substituents is 2. The fourth-order valence-electron chi connectivity index (χ4n) is 2.41. The molecule has 0 heterocycles. The van der Waals surface area contributed by atoms with Crippen LogP contribution >= 0.6 is 0 Å². The van der Waals surface area contributed by atoms with Crippen molar-refractivity contribution in [3.05, 3.63) is 61.7 Å². The predicted molar refractivity (Wildman–Crippen MR) is 92.3 cm³/mol. The number of alkyl halides is 6. The van der Waals surface area contributed by atoms with Crippen molar-refractivity contribution in [1.29, 1.82) is 0 Å². The molecule has 14 heteroatoms. The van der Waals surface area contributed by atoms with Crippen molar-refractivity contribution in [2.45, 2.75) is 32.3 Å². The minimum atomic E-state index is -6.25. The van der Waals surface area contributed by atoms with Crippen LogP contribution in [-0.4, -0.2) is 28.3 Å². The summed E-state index contributed by atoms with van der Waals surface area (Å²) >= 11 is 0. The second kappa shape index (κ2) is 8.28. The average molecular weight is 454 g/mol. The maximum atomic E-state index is 13.8. The minimum Gasteiger partial charge on any atom is -0.450 e. The number of halogens is 6. The van der Waals surface area contributed by atoms with Crippen LogP contribution in [0.15, 0.2) is 30.3 Å².